The van der Waals surface area contributed by atoms with Gasteiger partial charge in [0.2, 0.25) is 0 Å². The molecule has 2 N–H and O–H groups in total. The number of hydrogen-bond acceptors (Lipinski definition) is 2. The topological polar surface area (TPSA) is 74.6 Å². The zero-order chi connectivity index (χ0) is 13.6. The van der Waals surface area contributed by atoms with Crippen molar-refractivity contribution in [2.75, 3.05) is 0 Å². The molecule has 0 atom stereocenters. The second-order valence-corrected chi connectivity index (χ2v) is 5.20. The second-order valence-electron chi connectivity index (χ2n) is 5.20. The molecule has 0 aliphatic carbocycles. The van der Waals surface area contributed by atoms with Gasteiger partial charge in [-0.25, -0.2) is 9.59 Å². The summed E-state index contributed by atoms with van der Waals surface area (Å²) in [6.45, 7) is 8.03. The second kappa shape index (κ2) is 7.09. The third-order valence-corrected chi connectivity index (χ3v) is 2.48. The first-order valence-corrected chi connectivity index (χ1v) is 5.91. The molecule has 0 radical (unpaired) electrons. The molecule has 0 aromatic heterocycles. The Bertz CT molecular complexity index is 293. The van der Waals surface area contributed by atoms with Crippen molar-refractivity contribution in [2.24, 2.45) is 17.8 Å². The molecule has 0 saturated heterocycles. The van der Waals surface area contributed by atoms with Crippen LogP contribution < -0.4 is 0 Å². The summed E-state index contributed by atoms with van der Waals surface area (Å²) in [4.78, 5) is 21.8. The highest BCUT2D eigenvalue weighted by atomic mass is 16.4. The van der Waals surface area contributed by atoms with Crippen LogP contribution in [0.5, 0.6) is 0 Å². The number of carbonyl (C=O) groups is 2. The fourth-order valence-electron chi connectivity index (χ4n) is 1.98. The fourth-order valence-corrected chi connectivity index (χ4v) is 1.98. The van der Waals surface area contributed by atoms with Gasteiger partial charge in [0.15, 0.2) is 0 Å². The maximum Gasteiger partial charge on any atom is 0.332 e. The number of carboxylic acid groups (broad SMARTS) is 2. The third-order valence-electron chi connectivity index (χ3n) is 2.48. The summed E-state index contributed by atoms with van der Waals surface area (Å²) in [5, 5.41) is 17.8. The van der Waals surface area contributed by atoms with Gasteiger partial charge in [-0.1, -0.05) is 27.7 Å². The highest BCUT2D eigenvalue weighted by Crippen LogP contribution is 2.27. The van der Waals surface area contributed by atoms with E-state index in [9.17, 15) is 9.59 Å². The van der Waals surface area contributed by atoms with Crippen LogP contribution in [0, 0.1) is 17.8 Å². The normalized spacial score (nSPS) is 12.5. The summed E-state index contributed by atoms with van der Waals surface area (Å²) in [7, 11) is 0. The molecule has 0 unspecified atom stereocenters. The quantitative estimate of drug-likeness (QED) is 0.673. The van der Waals surface area contributed by atoms with E-state index in [0.29, 0.717) is 24.7 Å². The monoisotopic (exact) mass is 242 g/mol. The van der Waals surface area contributed by atoms with Crippen molar-refractivity contribution in [1.82, 2.24) is 0 Å². The van der Waals surface area contributed by atoms with Crippen molar-refractivity contribution in [1.29, 1.82) is 0 Å². The van der Waals surface area contributed by atoms with Gasteiger partial charge in [-0.2, -0.15) is 0 Å². The standard InChI is InChI=1S/C13H22O4/c1-8(2)5-10(6-9(3)4)11(13(16)17)7-12(14)15/h7-10H,5-6H2,1-4H3,(H,14,15)(H,16,17)/b11-7-. The Labute approximate surface area is 102 Å². The molecule has 4 nitrogen and oxygen atoms in total. The van der Waals surface area contributed by atoms with Crippen LogP contribution in [0.4, 0.5) is 0 Å². The van der Waals surface area contributed by atoms with E-state index in [1.54, 1.807) is 0 Å². The highest BCUT2D eigenvalue weighted by Gasteiger charge is 2.23. The number of hydrogen-bond donors (Lipinski definition) is 2. The Hall–Kier alpha value is -1.32. The molecule has 17 heavy (non-hydrogen) atoms. The molecule has 4 heteroatoms. The molecule has 0 bridgehead atoms. The van der Waals surface area contributed by atoms with Crippen molar-refractivity contribution in [3.63, 3.8) is 0 Å². The number of carboxylic acids is 2. The van der Waals surface area contributed by atoms with Crippen LogP contribution in [0.3, 0.4) is 0 Å². The van der Waals surface area contributed by atoms with Gasteiger partial charge in [-0.05, 0) is 30.6 Å². The summed E-state index contributed by atoms with van der Waals surface area (Å²) in [6.07, 6.45) is 2.23. The summed E-state index contributed by atoms with van der Waals surface area (Å²) in [6, 6.07) is 0. The van der Waals surface area contributed by atoms with Gasteiger partial charge >= 0.3 is 11.9 Å². The molecular weight excluding hydrogens is 220 g/mol. The largest absolute Gasteiger partial charge is 0.478 e. The SMILES string of the molecule is CC(C)CC(CC(C)C)/C(=C/C(=O)O)C(=O)O. The molecular formula is C13H22O4. The van der Waals surface area contributed by atoms with Gasteiger partial charge in [-0.3, -0.25) is 0 Å². The first-order valence-electron chi connectivity index (χ1n) is 5.91. The van der Waals surface area contributed by atoms with Crippen molar-refractivity contribution in [3.05, 3.63) is 11.6 Å². The minimum absolute atomic E-state index is 0.0138. The van der Waals surface area contributed by atoms with Gasteiger partial charge < -0.3 is 10.2 Å². The van der Waals surface area contributed by atoms with E-state index in [1.807, 2.05) is 27.7 Å². The van der Waals surface area contributed by atoms with Crippen LogP contribution >= 0.6 is 0 Å². The molecule has 0 spiro atoms. The van der Waals surface area contributed by atoms with Gasteiger partial charge in [0.1, 0.15) is 0 Å². The molecule has 0 aromatic rings. The fraction of sp³-hybridized carbons (Fsp3) is 0.692. The number of rotatable bonds is 7. The Kier molecular flexibility index (Phi) is 6.54. The lowest BCUT2D eigenvalue weighted by Crippen LogP contribution is -2.18. The minimum Gasteiger partial charge on any atom is -0.478 e. The van der Waals surface area contributed by atoms with Gasteiger partial charge in [0.25, 0.3) is 0 Å². The maximum absolute atomic E-state index is 11.1. The summed E-state index contributed by atoms with van der Waals surface area (Å²) in [5.74, 6) is -1.83. The zero-order valence-corrected chi connectivity index (χ0v) is 10.9. The first kappa shape index (κ1) is 15.7. The van der Waals surface area contributed by atoms with E-state index in [4.69, 9.17) is 10.2 Å². The van der Waals surface area contributed by atoms with E-state index in [1.165, 1.54) is 0 Å². The number of aliphatic carboxylic acids is 2. The summed E-state index contributed by atoms with van der Waals surface area (Å²) >= 11 is 0. The van der Waals surface area contributed by atoms with Crippen molar-refractivity contribution in [3.8, 4) is 0 Å². The zero-order valence-electron chi connectivity index (χ0n) is 10.9. The Morgan fingerprint density at radius 1 is 1.00 bits per heavy atom. The van der Waals surface area contributed by atoms with Gasteiger partial charge in [-0.15, -0.1) is 0 Å². The molecule has 0 amide bonds. The van der Waals surface area contributed by atoms with Gasteiger partial charge in [0.05, 0.1) is 0 Å². The predicted molar refractivity (Wildman–Crippen MR) is 65.8 cm³/mol. The average molecular weight is 242 g/mol. The molecule has 0 aliphatic heterocycles. The molecule has 0 aromatic carbocycles. The molecule has 0 heterocycles. The van der Waals surface area contributed by atoms with Crippen molar-refractivity contribution < 1.29 is 19.8 Å². The van der Waals surface area contributed by atoms with E-state index in [2.05, 4.69) is 0 Å². The highest BCUT2D eigenvalue weighted by molar-refractivity contribution is 5.95. The van der Waals surface area contributed by atoms with E-state index < -0.39 is 11.9 Å². The van der Waals surface area contributed by atoms with Crippen LogP contribution in [-0.4, -0.2) is 22.2 Å². The van der Waals surface area contributed by atoms with Crippen LogP contribution in [-0.2, 0) is 9.59 Å². The molecule has 0 aliphatic rings. The van der Waals surface area contributed by atoms with E-state index in [0.717, 1.165) is 6.08 Å². The van der Waals surface area contributed by atoms with Gasteiger partial charge in [0, 0.05) is 11.6 Å². The lowest BCUT2D eigenvalue weighted by Gasteiger charge is -2.21. The lowest BCUT2D eigenvalue weighted by molar-refractivity contribution is -0.135. The van der Waals surface area contributed by atoms with Crippen LogP contribution in [0.15, 0.2) is 11.6 Å². The van der Waals surface area contributed by atoms with Crippen LogP contribution in [0.25, 0.3) is 0 Å². The Morgan fingerprint density at radius 2 is 1.41 bits per heavy atom. The Morgan fingerprint density at radius 3 is 1.65 bits per heavy atom. The molecule has 0 fully saturated rings. The molecule has 98 valence electrons. The smallest absolute Gasteiger partial charge is 0.332 e. The summed E-state index contributed by atoms with van der Waals surface area (Å²) < 4.78 is 0. The van der Waals surface area contributed by atoms with Crippen LogP contribution in [0.1, 0.15) is 40.5 Å². The Balaban J connectivity index is 5.06. The van der Waals surface area contributed by atoms with Crippen molar-refractivity contribution in [2.45, 2.75) is 40.5 Å². The van der Waals surface area contributed by atoms with Crippen molar-refractivity contribution >= 4 is 11.9 Å². The summed E-state index contributed by atoms with van der Waals surface area (Å²) in [5.41, 5.74) is 0.0138. The minimum atomic E-state index is -1.19. The molecule has 0 saturated carbocycles. The van der Waals surface area contributed by atoms with Crippen LogP contribution in [0.2, 0.25) is 0 Å². The predicted octanol–water partition coefficient (Wildman–Crippen LogP) is 2.79. The van der Waals surface area contributed by atoms with E-state index >= 15 is 0 Å². The third kappa shape index (κ3) is 6.76. The average Bonchev–Trinajstić information content (AvgIpc) is 2.10. The molecule has 0 rings (SSSR count). The first-order chi connectivity index (χ1) is 7.73. The maximum atomic E-state index is 11.1. The lowest BCUT2D eigenvalue weighted by atomic mass is 9.83. The van der Waals surface area contributed by atoms with E-state index in [-0.39, 0.29) is 11.5 Å².